The van der Waals surface area contributed by atoms with Crippen molar-refractivity contribution in [3.63, 3.8) is 0 Å². The van der Waals surface area contributed by atoms with Gasteiger partial charge in [-0.3, -0.25) is 9.35 Å². The standard InChI is InChI=1S/C30H48O7S/c1-18(17-31)19-9-14-30(25(32)33)16-15-28(5)20(24(19)30)7-8-22-27(4)12-11-23(37-38(34,35)36)26(2,3)21(27)10-13-29(22,28)6/h19-24,31H,1,7-17H2,2-6H3,(H,32,33)(H,34,35,36)/t19-,20?,21?,22?,23-,24?,27-,28+,29+,30-/m0/s1. The van der Waals surface area contributed by atoms with E-state index in [0.717, 1.165) is 50.5 Å². The van der Waals surface area contributed by atoms with Crippen molar-refractivity contribution >= 4 is 16.4 Å². The van der Waals surface area contributed by atoms with Crippen LogP contribution >= 0.6 is 0 Å². The summed E-state index contributed by atoms with van der Waals surface area (Å²) in [6.07, 6.45) is 7.98. The van der Waals surface area contributed by atoms with Crippen LogP contribution in [0.4, 0.5) is 0 Å². The second kappa shape index (κ2) is 8.77. The lowest BCUT2D eigenvalue weighted by atomic mass is 9.32. The van der Waals surface area contributed by atoms with Gasteiger partial charge in [0.15, 0.2) is 0 Å². The summed E-state index contributed by atoms with van der Waals surface area (Å²) in [6.45, 7) is 15.6. The van der Waals surface area contributed by atoms with Crippen molar-refractivity contribution in [2.24, 2.45) is 56.7 Å². The molecule has 38 heavy (non-hydrogen) atoms. The first kappa shape index (κ1) is 28.6. The molecule has 5 aliphatic rings. The summed E-state index contributed by atoms with van der Waals surface area (Å²) in [6, 6.07) is 0. The molecule has 0 radical (unpaired) electrons. The van der Waals surface area contributed by atoms with Crippen molar-refractivity contribution in [1.29, 1.82) is 0 Å². The molecule has 10 atom stereocenters. The Hall–Kier alpha value is -0.960. The van der Waals surface area contributed by atoms with Crippen molar-refractivity contribution in [3.05, 3.63) is 12.2 Å². The fourth-order valence-corrected chi connectivity index (χ4v) is 12.5. The molecule has 0 spiro atoms. The van der Waals surface area contributed by atoms with Gasteiger partial charge in [0.25, 0.3) is 0 Å². The van der Waals surface area contributed by atoms with E-state index < -0.39 is 33.3 Å². The first-order chi connectivity index (χ1) is 17.5. The quantitative estimate of drug-likeness (QED) is 0.287. The molecule has 7 nitrogen and oxygen atoms in total. The van der Waals surface area contributed by atoms with Crippen LogP contribution in [0.15, 0.2) is 12.2 Å². The molecule has 8 heteroatoms. The summed E-state index contributed by atoms with van der Waals surface area (Å²) in [7, 11) is -4.52. The zero-order valence-corrected chi connectivity index (χ0v) is 24.6. The predicted octanol–water partition coefficient (Wildman–Crippen LogP) is 5.89. The number of carboxylic acids is 1. The predicted molar refractivity (Wildman–Crippen MR) is 144 cm³/mol. The van der Waals surface area contributed by atoms with Crippen molar-refractivity contribution < 1.29 is 32.2 Å². The van der Waals surface area contributed by atoms with Gasteiger partial charge in [-0.05, 0) is 121 Å². The van der Waals surface area contributed by atoms with Gasteiger partial charge in [0.2, 0.25) is 0 Å². The number of aliphatic carboxylic acids is 1. The Kier molecular flexibility index (Phi) is 6.59. The second-order valence-corrected chi connectivity index (χ2v) is 16.0. The van der Waals surface area contributed by atoms with E-state index in [0.29, 0.717) is 25.2 Å². The van der Waals surface area contributed by atoms with E-state index in [1.54, 1.807) is 0 Å². The lowest BCUT2D eigenvalue weighted by Crippen LogP contribution is -2.67. The van der Waals surface area contributed by atoms with E-state index in [1.807, 2.05) is 0 Å². The van der Waals surface area contributed by atoms with E-state index in [4.69, 9.17) is 4.18 Å². The van der Waals surface area contributed by atoms with Gasteiger partial charge in [-0.1, -0.05) is 41.2 Å². The third-order valence-corrected chi connectivity index (χ3v) is 14.2. The van der Waals surface area contributed by atoms with E-state index >= 15 is 0 Å². The summed E-state index contributed by atoms with van der Waals surface area (Å²) in [5, 5.41) is 20.5. The maximum Gasteiger partial charge on any atom is 0.397 e. The van der Waals surface area contributed by atoms with Gasteiger partial charge in [-0.2, -0.15) is 8.42 Å². The van der Waals surface area contributed by atoms with Gasteiger partial charge >= 0.3 is 16.4 Å². The molecular weight excluding hydrogens is 504 g/mol. The molecule has 0 aromatic rings. The highest BCUT2D eigenvalue weighted by atomic mass is 32.3. The van der Waals surface area contributed by atoms with Crippen LogP contribution in [0, 0.1) is 56.7 Å². The fraction of sp³-hybridized carbons (Fsp3) is 0.900. The first-order valence-corrected chi connectivity index (χ1v) is 16.0. The molecule has 5 rings (SSSR count). The Balaban J connectivity index is 1.52. The van der Waals surface area contributed by atoms with Crippen LogP contribution in [0.25, 0.3) is 0 Å². The zero-order chi connectivity index (χ0) is 28.1. The average molecular weight is 553 g/mol. The molecule has 0 bridgehead atoms. The Labute approximate surface area is 228 Å². The van der Waals surface area contributed by atoms with Crippen molar-refractivity contribution in [1.82, 2.24) is 0 Å². The van der Waals surface area contributed by atoms with Crippen LogP contribution in [-0.2, 0) is 19.4 Å². The second-order valence-electron chi connectivity index (χ2n) is 15.0. The number of fused-ring (bicyclic) bond motifs is 7. The summed E-state index contributed by atoms with van der Waals surface area (Å²) in [5.41, 5.74) is -0.296. The summed E-state index contributed by atoms with van der Waals surface area (Å²) in [4.78, 5) is 12.8. The van der Waals surface area contributed by atoms with Gasteiger partial charge in [0, 0.05) is 0 Å². The molecule has 0 aliphatic heterocycles. The molecule has 0 aromatic heterocycles. The normalized spacial score (nSPS) is 49.8. The number of hydrogen-bond donors (Lipinski definition) is 3. The SMILES string of the molecule is C=C(CO)[C@@H]1CC[C@]2(C(=O)O)CC[C@]3(C)C(CCC4[C@@]5(C)CC[C@H](OS(=O)(=O)O)C(C)(C)C5CC[C@]43C)C12. The fourth-order valence-electron chi connectivity index (χ4n) is 11.8. The summed E-state index contributed by atoms with van der Waals surface area (Å²) < 4.78 is 38.0. The van der Waals surface area contributed by atoms with Gasteiger partial charge < -0.3 is 10.2 Å². The van der Waals surface area contributed by atoms with Gasteiger partial charge in [-0.15, -0.1) is 0 Å². The third kappa shape index (κ3) is 3.68. The highest BCUT2D eigenvalue weighted by Crippen LogP contribution is 2.77. The third-order valence-electron chi connectivity index (χ3n) is 13.8. The van der Waals surface area contributed by atoms with E-state index in [9.17, 15) is 28.0 Å². The minimum absolute atomic E-state index is 0.00860. The van der Waals surface area contributed by atoms with Crippen LogP contribution in [0.5, 0.6) is 0 Å². The highest BCUT2D eigenvalue weighted by Gasteiger charge is 2.72. The molecular formula is C30H48O7S. The lowest BCUT2D eigenvalue weighted by Gasteiger charge is -2.72. The van der Waals surface area contributed by atoms with Crippen molar-refractivity contribution in [2.45, 2.75) is 105 Å². The molecule has 216 valence electrons. The number of hydrogen-bond acceptors (Lipinski definition) is 5. The van der Waals surface area contributed by atoms with Crippen LogP contribution in [-0.4, -0.2) is 41.9 Å². The molecule has 5 fully saturated rings. The maximum atomic E-state index is 12.8. The van der Waals surface area contributed by atoms with Crippen LogP contribution < -0.4 is 0 Å². The van der Waals surface area contributed by atoms with Crippen LogP contribution in [0.1, 0.15) is 98.8 Å². The minimum Gasteiger partial charge on any atom is -0.481 e. The Morgan fingerprint density at radius 1 is 0.895 bits per heavy atom. The van der Waals surface area contributed by atoms with Gasteiger partial charge in [0.05, 0.1) is 18.1 Å². The Morgan fingerprint density at radius 3 is 2.18 bits per heavy atom. The lowest BCUT2D eigenvalue weighted by molar-refractivity contribution is -0.246. The zero-order valence-electron chi connectivity index (χ0n) is 23.8. The average Bonchev–Trinajstić information content (AvgIpc) is 3.21. The monoisotopic (exact) mass is 552 g/mol. The molecule has 0 amide bonds. The smallest absolute Gasteiger partial charge is 0.397 e. The summed E-state index contributed by atoms with van der Waals surface area (Å²) >= 11 is 0. The van der Waals surface area contributed by atoms with Crippen LogP contribution in [0.3, 0.4) is 0 Å². The highest BCUT2D eigenvalue weighted by molar-refractivity contribution is 7.80. The number of carboxylic acid groups (broad SMARTS) is 1. The number of aliphatic hydroxyl groups excluding tert-OH is 1. The maximum absolute atomic E-state index is 12.8. The molecule has 5 aliphatic carbocycles. The Bertz CT molecular complexity index is 1120. The largest absolute Gasteiger partial charge is 0.481 e. The molecule has 0 heterocycles. The topological polar surface area (TPSA) is 121 Å². The van der Waals surface area contributed by atoms with Crippen LogP contribution in [0.2, 0.25) is 0 Å². The van der Waals surface area contributed by atoms with Crippen molar-refractivity contribution in [3.8, 4) is 0 Å². The van der Waals surface area contributed by atoms with Gasteiger partial charge in [0.1, 0.15) is 0 Å². The number of carbonyl (C=O) groups is 1. The summed E-state index contributed by atoms with van der Waals surface area (Å²) in [5.74, 6) is 0.385. The Morgan fingerprint density at radius 2 is 1.58 bits per heavy atom. The molecule has 5 saturated carbocycles. The minimum atomic E-state index is -4.52. The van der Waals surface area contributed by atoms with E-state index in [-0.39, 0.29) is 46.5 Å². The first-order valence-electron chi connectivity index (χ1n) is 14.7. The van der Waals surface area contributed by atoms with Crippen molar-refractivity contribution in [2.75, 3.05) is 6.61 Å². The van der Waals surface area contributed by atoms with E-state index in [1.165, 1.54) is 0 Å². The van der Waals surface area contributed by atoms with Gasteiger partial charge in [-0.25, -0.2) is 4.18 Å². The molecule has 4 unspecified atom stereocenters. The number of rotatable bonds is 5. The molecule has 3 N–H and O–H groups in total. The number of aliphatic hydroxyl groups is 1. The molecule has 0 saturated heterocycles. The van der Waals surface area contributed by atoms with E-state index in [2.05, 4.69) is 41.2 Å². The molecule has 0 aromatic carbocycles.